The van der Waals surface area contributed by atoms with Crippen molar-refractivity contribution in [1.29, 1.82) is 0 Å². The third kappa shape index (κ3) is 4.28. The maximum absolute atomic E-state index is 12.0. The lowest BCUT2D eigenvalue weighted by atomic mass is 10.1. The lowest BCUT2D eigenvalue weighted by molar-refractivity contribution is -0.121. The Labute approximate surface area is 150 Å². The Balaban J connectivity index is 1.52. The molecule has 2 aromatic heterocycles. The predicted octanol–water partition coefficient (Wildman–Crippen LogP) is 3.85. The van der Waals surface area contributed by atoms with Crippen LogP contribution in [0.25, 0.3) is 11.3 Å². The molecule has 0 aliphatic carbocycles. The zero-order chi connectivity index (χ0) is 17.8. The molecule has 0 bridgehead atoms. The van der Waals surface area contributed by atoms with Crippen molar-refractivity contribution in [3.05, 3.63) is 58.1 Å². The van der Waals surface area contributed by atoms with Crippen LogP contribution in [0.3, 0.4) is 0 Å². The lowest BCUT2D eigenvalue weighted by Crippen LogP contribution is -2.23. The minimum absolute atomic E-state index is 0.0592. The second-order valence-electron chi connectivity index (χ2n) is 5.77. The number of hydrogen-bond acceptors (Lipinski definition) is 5. The van der Waals surface area contributed by atoms with Crippen molar-refractivity contribution >= 4 is 17.5 Å². The molecule has 1 N–H and O–H groups in total. The standard InChI is InChI=1S/C18H18ClN3O3/c1-11-16(12(2)24-21-11)7-8-18(23)20-10-15-9-17(25-22-15)13-3-5-14(19)6-4-13/h3-6,9H,7-8,10H2,1-2H3,(H,20,23). The monoisotopic (exact) mass is 359 g/mol. The van der Waals surface area contributed by atoms with Gasteiger partial charge in [-0.15, -0.1) is 0 Å². The van der Waals surface area contributed by atoms with Crippen LogP contribution in [-0.4, -0.2) is 16.2 Å². The van der Waals surface area contributed by atoms with E-state index in [0.29, 0.717) is 35.9 Å². The second kappa shape index (κ2) is 7.53. The van der Waals surface area contributed by atoms with Crippen LogP contribution in [0.5, 0.6) is 0 Å². The van der Waals surface area contributed by atoms with Gasteiger partial charge in [0.1, 0.15) is 11.5 Å². The summed E-state index contributed by atoms with van der Waals surface area (Å²) in [6.45, 7) is 4.04. The van der Waals surface area contributed by atoms with Gasteiger partial charge in [-0.1, -0.05) is 21.9 Å². The molecule has 0 radical (unpaired) electrons. The van der Waals surface area contributed by atoms with E-state index in [9.17, 15) is 4.79 Å². The quantitative estimate of drug-likeness (QED) is 0.723. The van der Waals surface area contributed by atoms with Crippen LogP contribution in [0.4, 0.5) is 0 Å². The van der Waals surface area contributed by atoms with Crippen molar-refractivity contribution in [1.82, 2.24) is 15.6 Å². The summed E-state index contributed by atoms with van der Waals surface area (Å²) < 4.78 is 10.4. The minimum Gasteiger partial charge on any atom is -0.361 e. The first-order valence-electron chi connectivity index (χ1n) is 7.93. The molecule has 130 valence electrons. The molecule has 6 nitrogen and oxygen atoms in total. The normalized spacial score (nSPS) is 10.8. The van der Waals surface area contributed by atoms with Gasteiger partial charge >= 0.3 is 0 Å². The molecule has 25 heavy (non-hydrogen) atoms. The molecule has 0 spiro atoms. The molecule has 7 heteroatoms. The summed E-state index contributed by atoms with van der Waals surface area (Å²) in [6.07, 6.45) is 0.965. The smallest absolute Gasteiger partial charge is 0.220 e. The van der Waals surface area contributed by atoms with E-state index < -0.39 is 0 Å². The van der Waals surface area contributed by atoms with Crippen LogP contribution < -0.4 is 5.32 Å². The highest BCUT2D eigenvalue weighted by Crippen LogP contribution is 2.22. The van der Waals surface area contributed by atoms with Crippen LogP contribution in [0.15, 0.2) is 39.4 Å². The van der Waals surface area contributed by atoms with Gasteiger partial charge in [-0.25, -0.2) is 0 Å². The molecule has 0 aliphatic heterocycles. The molecule has 3 aromatic rings. The Kier molecular flexibility index (Phi) is 5.19. The van der Waals surface area contributed by atoms with Crippen molar-refractivity contribution in [2.24, 2.45) is 0 Å². The number of aryl methyl sites for hydroxylation is 2. The molecule has 0 fully saturated rings. The molecule has 0 atom stereocenters. The molecule has 3 rings (SSSR count). The number of halogens is 1. The summed E-state index contributed by atoms with van der Waals surface area (Å²) in [5, 5.41) is 11.4. The second-order valence-corrected chi connectivity index (χ2v) is 6.21. The number of carbonyl (C=O) groups is 1. The minimum atomic E-state index is -0.0592. The summed E-state index contributed by atoms with van der Waals surface area (Å²) >= 11 is 5.87. The van der Waals surface area contributed by atoms with Gasteiger partial charge in [-0.3, -0.25) is 4.79 Å². The molecule has 2 heterocycles. The predicted molar refractivity (Wildman–Crippen MR) is 93.1 cm³/mol. The fraction of sp³-hybridized carbons (Fsp3) is 0.278. The van der Waals surface area contributed by atoms with Gasteiger partial charge in [0.05, 0.1) is 12.2 Å². The van der Waals surface area contributed by atoms with Crippen molar-refractivity contribution in [2.45, 2.75) is 33.2 Å². The molecule has 0 saturated carbocycles. The fourth-order valence-corrected chi connectivity index (χ4v) is 2.65. The summed E-state index contributed by atoms with van der Waals surface area (Å²) in [4.78, 5) is 12.0. The third-order valence-corrected chi connectivity index (χ3v) is 4.19. The van der Waals surface area contributed by atoms with Gasteiger partial charge in [-0.05, 0) is 44.5 Å². The van der Waals surface area contributed by atoms with E-state index >= 15 is 0 Å². The summed E-state index contributed by atoms with van der Waals surface area (Å²) in [5.74, 6) is 1.34. The first-order valence-corrected chi connectivity index (χ1v) is 8.30. The Morgan fingerprint density at radius 2 is 1.92 bits per heavy atom. The Morgan fingerprint density at radius 3 is 2.60 bits per heavy atom. The van der Waals surface area contributed by atoms with E-state index in [-0.39, 0.29) is 5.91 Å². The van der Waals surface area contributed by atoms with Gasteiger partial charge in [0.2, 0.25) is 5.91 Å². The summed E-state index contributed by atoms with van der Waals surface area (Å²) in [6, 6.07) is 9.09. The van der Waals surface area contributed by atoms with Crippen molar-refractivity contribution in [3.63, 3.8) is 0 Å². The van der Waals surface area contributed by atoms with Gasteiger partial charge < -0.3 is 14.4 Å². The molecule has 1 amide bonds. The first kappa shape index (κ1) is 17.2. The van der Waals surface area contributed by atoms with Crippen LogP contribution in [0.2, 0.25) is 5.02 Å². The van der Waals surface area contributed by atoms with Crippen LogP contribution in [0, 0.1) is 13.8 Å². The van der Waals surface area contributed by atoms with Gasteiger partial charge in [0.15, 0.2) is 5.76 Å². The van der Waals surface area contributed by atoms with Crippen molar-refractivity contribution in [2.75, 3.05) is 0 Å². The summed E-state index contributed by atoms with van der Waals surface area (Å²) in [5.41, 5.74) is 3.36. The highest BCUT2D eigenvalue weighted by Gasteiger charge is 2.12. The maximum Gasteiger partial charge on any atom is 0.220 e. The molecular weight excluding hydrogens is 342 g/mol. The van der Waals surface area contributed by atoms with E-state index in [1.54, 1.807) is 18.2 Å². The van der Waals surface area contributed by atoms with E-state index in [2.05, 4.69) is 15.6 Å². The number of hydrogen-bond donors (Lipinski definition) is 1. The number of rotatable bonds is 6. The van der Waals surface area contributed by atoms with Crippen LogP contribution >= 0.6 is 11.6 Å². The molecule has 1 aromatic carbocycles. The molecular formula is C18H18ClN3O3. The zero-order valence-corrected chi connectivity index (χ0v) is 14.8. The van der Waals surface area contributed by atoms with E-state index in [1.165, 1.54) is 0 Å². The number of aromatic nitrogens is 2. The average molecular weight is 360 g/mol. The number of amides is 1. The van der Waals surface area contributed by atoms with Gasteiger partial charge in [0.25, 0.3) is 0 Å². The number of benzene rings is 1. The molecule has 0 unspecified atom stereocenters. The average Bonchev–Trinajstić information content (AvgIpc) is 3.19. The highest BCUT2D eigenvalue weighted by molar-refractivity contribution is 6.30. The number of nitrogens with one attached hydrogen (secondary N) is 1. The van der Waals surface area contributed by atoms with E-state index in [1.807, 2.05) is 26.0 Å². The van der Waals surface area contributed by atoms with Crippen LogP contribution in [-0.2, 0) is 17.8 Å². The van der Waals surface area contributed by atoms with Crippen LogP contribution in [0.1, 0.15) is 29.1 Å². The van der Waals surface area contributed by atoms with Gasteiger partial charge in [-0.2, -0.15) is 0 Å². The first-order chi connectivity index (χ1) is 12.0. The Bertz CT molecular complexity index is 849. The van der Waals surface area contributed by atoms with Crippen molar-refractivity contribution < 1.29 is 13.8 Å². The maximum atomic E-state index is 12.0. The molecule has 0 aliphatic rings. The fourth-order valence-electron chi connectivity index (χ4n) is 2.52. The van der Waals surface area contributed by atoms with Gasteiger partial charge in [0, 0.05) is 28.6 Å². The Morgan fingerprint density at radius 1 is 1.16 bits per heavy atom. The SMILES string of the molecule is Cc1noc(C)c1CCC(=O)NCc1cc(-c2ccc(Cl)cc2)on1. The zero-order valence-electron chi connectivity index (χ0n) is 14.0. The summed E-state index contributed by atoms with van der Waals surface area (Å²) in [7, 11) is 0. The van der Waals surface area contributed by atoms with E-state index in [0.717, 1.165) is 22.6 Å². The Hall–Kier alpha value is -2.60. The van der Waals surface area contributed by atoms with Crippen molar-refractivity contribution in [3.8, 4) is 11.3 Å². The topological polar surface area (TPSA) is 81.2 Å². The lowest BCUT2D eigenvalue weighted by Gasteiger charge is -2.02. The third-order valence-electron chi connectivity index (χ3n) is 3.94. The number of carbonyl (C=O) groups excluding carboxylic acids is 1. The highest BCUT2D eigenvalue weighted by atomic mass is 35.5. The largest absolute Gasteiger partial charge is 0.361 e. The van der Waals surface area contributed by atoms with E-state index in [4.69, 9.17) is 20.6 Å². The number of nitrogens with zero attached hydrogens (tertiary/aromatic N) is 2. The molecule has 0 saturated heterocycles.